The summed E-state index contributed by atoms with van der Waals surface area (Å²) in [5.41, 5.74) is 1.43. The smallest absolute Gasteiger partial charge is 0.408 e. The van der Waals surface area contributed by atoms with Crippen LogP contribution in [0.3, 0.4) is 0 Å². The highest BCUT2D eigenvalue weighted by Crippen LogP contribution is 2.11. The van der Waals surface area contributed by atoms with Gasteiger partial charge in [-0.1, -0.05) is 26.2 Å². The molecule has 0 aliphatic heterocycles. The Balaban J connectivity index is 4.19. The molecular formula is C15H31N3O4. The van der Waals surface area contributed by atoms with E-state index in [-0.39, 0.29) is 6.10 Å². The number of aliphatic hydroxyl groups is 1. The molecule has 0 aliphatic carbocycles. The van der Waals surface area contributed by atoms with E-state index in [0.717, 1.165) is 32.1 Å². The average Bonchev–Trinajstić information content (AvgIpc) is 2.42. The Labute approximate surface area is 132 Å². The predicted molar refractivity (Wildman–Crippen MR) is 84.9 cm³/mol. The van der Waals surface area contributed by atoms with Gasteiger partial charge in [0.1, 0.15) is 11.6 Å². The molecule has 0 aromatic heterocycles. The Bertz CT molecular complexity index is 342. The number of aliphatic hydroxyl groups excluding tert-OH is 1. The van der Waals surface area contributed by atoms with Crippen LogP contribution in [0.2, 0.25) is 0 Å². The van der Waals surface area contributed by atoms with Gasteiger partial charge in [0.2, 0.25) is 0 Å². The standard InChI is InChI=1S/C15H31N3O4/c1-5-11(19)9-7-6-8-10-12(13(20)18-16)17-14(21)22-15(2,3)4/h11-12,19H,5-10,16H2,1-4H3,(H,17,21)(H,18,20)/t11?,12-/m0/s1. The van der Waals surface area contributed by atoms with Crippen LogP contribution in [0.4, 0.5) is 4.79 Å². The maximum atomic E-state index is 11.7. The lowest BCUT2D eigenvalue weighted by molar-refractivity contribution is -0.123. The average molecular weight is 317 g/mol. The number of nitrogens with one attached hydrogen (secondary N) is 2. The molecule has 0 aliphatic rings. The lowest BCUT2D eigenvalue weighted by atomic mass is 10.0. The van der Waals surface area contributed by atoms with Crippen molar-refractivity contribution in [2.24, 2.45) is 5.84 Å². The van der Waals surface area contributed by atoms with Crippen LogP contribution in [0, 0.1) is 0 Å². The summed E-state index contributed by atoms with van der Waals surface area (Å²) in [5, 5.41) is 12.0. The van der Waals surface area contributed by atoms with Gasteiger partial charge in [-0.3, -0.25) is 10.2 Å². The monoisotopic (exact) mass is 317 g/mol. The molecule has 0 saturated carbocycles. The Kier molecular flexibility index (Phi) is 9.76. The van der Waals surface area contributed by atoms with Crippen molar-refractivity contribution in [1.29, 1.82) is 0 Å². The third kappa shape index (κ3) is 10.4. The van der Waals surface area contributed by atoms with Gasteiger partial charge < -0.3 is 15.2 Å². The van der Waals surface area contributed by atoms with Crippen molar-refractivity contribution in [3.63, 3.8) is 0 Å². The summed E-state index contributed by atoms with van der Waals surface area (Å²) in [4.78, 5) is 23.4. The largest absolute Gasteiger partial charge is 0.444 e. The lowest BCUT2D eigenvalue weighted by Gasteiger charge is -2.23. The predicted octanol–water partition coefficient (Wildman–Crippen LogP) is 1.59. The van der Waals surface area contributed by atoms with Crippen LogP contribution in [-0.4, -0.2) is 34.9 Å². The van der Waals surface area contributed by atoms with Crippen molar-refractivity contribution in [2.75, 3.05) is 0 Å². The van der Waals surface area contributed by atoms with Gasteiger partial charge >= 0.3 is 6.09 Å². The number of alkyl carbamates (subject to hydrolysis) is 1. The zero-order chi connectivity index (χ0) is 17.2. The molecule has 0 spiro atoms. The summed E-state index contributed by atoms with van der Waals surface area (Å²) >= 11 is 0. The Morgan fingerprint density at radius 2 is 1.77 bits per heavy atom. The second kappa shape index (κ2) is 10.4. The fourth-order valence-corrected chi connectivity index (χ4v) is 1.93. The van der Waals surface area contributed by atoms with Gasteiger partial charge in [-0.05, 0) is 40.0 Å². The first kappa shape index (κ1) is 20.7. The van der Waals surface area contributed by atoms with E-state index in [1.54, 1.807) is 20.8 Å². The fourth-order valence-electron chi connectivity index (χ4n) is 1.93. The molecule has 7 heteroatoms. The van der Waals surface area contributed by atoms with Crippen molar-refractivity contribution in [2.45, 2.75) is 84.0 Å². The third-order valence-electron chi connectivity index (χ3n) is 3.15. The second-order valence-corrected chi connectivity index (χ2v) is 6.41. The Hall–Kier alpha value is -1.34. The summed E-state index contributed by atoms with van der Waals surface area (Å²) in [6.45, 7) is 7.20. The molecule has 0 saturated heterocycles. The first-order valence-corrected chi connectivity index (χ1v) is 7.87. The van der Waals surface area contributed by atoms with E-state index in [9.17, 15) is 14.7 Å². The van der Waals surface area contributed by atoms with Crippen LogP contribution in [0.5, 0.6) is 0 Å². The highest BCUT2D eigenvalue weighted by Gasteiger charge is 2.23. The van der Waals surface area contributed by atoms with Gasteiger partial charge in [0, 0.05) is 0 Å². The van der Waals surface area contributed by atoms with Gasteiger partial charge in [-0.2, -0.15) is 0 Å². The van der Waals surface area contributed by atoms with Crippen molar-refractivity contribution >= 4 is 12.0 Å². The molecular weight excluding hydrogens is 286 g/mol. The minimum Gasteiger partial charge on any atom is -0.444 e. The molecule has 2 atom stereocenters. The van der Waals surface area contributed by atoms with Crippen LogP contribution in [0.25, 0.3) is 0 Å². The third-order valence-corrected chi connectivity index (χ3v) is 3.15. The summed E-state index contributed by atoms with van der Waals surface area (Å²) in [6.07, 6.45) is 3.60. The summed E-state index contributed by atoms with van der Waals surface area (Å²) in [5.74, 6) is 4.69. The maximum absolute atomic E-state index is 11.7. The molecule has 2 amide bonds. The molecule has 0 aromatic rings. The molecule has 7 nitrogen and oxygen atoms in total. The fraction of sp³-hybridized carbons (Fsp3) is 0.867. The van der Waals surface area contributed by atoms with Crippen LogP contribution in [0.1, 0.15) is 66.2 Å². The zero-order valence-corrected chi connectivity index (χ0v) is 14.1. The van der Waals surface area contributed by atoms with Gasteiger partial charge in [0.05, 0.1) is 6.10 Å². The topological polar surface area (TPSA) is 114 Å². The van der Waals surface area contributed by atoms with Crippen molar-refractivity contribution in [1.82, 2.24) is 10.7 Å². The molecule has 0 heterocycles. The summed E-state index contributed by atoms with van der Waals surface area (Å²) in [7, 11) is 0. The molecule has 0 rings (SSSR count). The summed E-state index contributed by atoms with van der Waals surface area (Å²) in [6, 6.07) is -0.712. The molecule has 1 unspecified atom stereocenters. The number of nitrogens with two attached hydrogens (primary N) is 1. The Morgan fingerprint density at radius 3 is 2.27 bits per heavy atom. The SMILES string of the molecule is CCC(O)CCCCC[C@H](NC(=O)OC(C)(C)C)C(=O)NN. The van der Waals surface area contributed by atoms with Gasteiger partial charge in [-0.25, -0.2) is 10.6 Å². The molecule has 0 bridgehead atoms. The maximum Gasteiger partial charge on any atom is 0.408 e. The number of carbonyl (C=O) groups excluding carboxylic acids is 2. The Morgan fingerprint density at radius 1 is 1.18 bits per heavy atom. The molecule has 0 radical (unpaired) electrons. The van der Waals surface area contributed by atoms with Gasteiger partial charge in [0.25, 0.3) is 5.91 Å². The first-order valence-electron chi connectivity index (χ1n) is 7.87. The van der Waals surface area contributed by atoms with E-state index < -0.39 is 23.6 Å². The molecule has 5 N–H and O–H groups in total. The number of hydrogen-bond acceptors (Lipinski definition) is 5. The number of unbranched alkanes of at least 4 members (excludes halogenated alkanes) is 2. The molecule has 130 valence electrons. The van der Waals surface area contributed by atoms with E-state index in [0.29, 0.717) is 6.42 Å². The van der Waals surface area contributed by atoms with Crippen molar-refractivity contribution < 1.29 is 19.4 Å². The lowest BCUT2D eigenvalue weighted by Crippen LogP contribution is -2.50. The van der Waals surface area contributed by atoms with E-state index in [4.69, 9.17) is 10.6 Å². The number of ether oxygens (including phenoxy) is 1. The quantitative estimate of drug-likeness (QED) is 0.223. The minimum atomic E-state index is -0.712. The number of hydrogen-bond donors (Lipinski definition) is 4. The van der Waals surface area contributed by atoms with E-state index in [1.807, 2.05) is 6.92 Å². The van der Waals surface area contributed by atoms with E-state index in [1.165, 1.54) is 0 Å². The zero-order valence-electron chi connectivity index (χ0n) is 14.1. The van der Waals surface area contributed by atoms with Crippen LogP contribution in [0.15, 0.2) is 0 Å². The van der Waals surface area contributed by atoms with Crippen LogP contribution in [-0.2, 0) is 9.53 Å². The number of amides is 2. The van der Waals surface area contributed by atoms with Crippen molar-refractivity contribution in [3.05, 3.63) is 0 Å². The highest BCUT2D eigenvalue weighted by molar-refractivity contribution is 5.85. The minimum absolute atomic E-state index is 0.261. The van der Waals surface area contributed by atoms with Crippen LogP contribution < -0.4 is 16.6 Å². The van der Waals surface area contributed by atoms with Crippen LogP contribution >= 0.6 is 0 Å². The van der Waals surface area contributed by atoms with Crippen molar-refractivity contribution in [3.8, 4) is 0 Å². The normalized spacial score (nSPS) is 14.1. The first-order chi connectivity index (χ1) is 10.2. The molecule has 22 heavy (non-hydrogen) atoms. The van der Waals surface area contributed by atoms with Gasteiger partial charge in [0.15, 0.2) is 0 Å². The number of carbonyl (C=O) groups is 2. The second-order valence-electron chi connectivity index (χ2n) is 6.41. The number of hydrazine groups is 1. The van der Waals surface area contributed by atoms with E-state index >= 15 is 0 Å². The van der Waals surface area contributed by atoms with Gasteiger partial charge in [-0.15, -0.1) is 0 Å². The molecule has 0 aromatic carbocycles. The highest BCUT2D eigenvalue weighted by atomic mass is 16.6. The number of rotatable bonds is 9. The summed E-state index contributed by atoms with van der Waals surface area (Å²) < 4.78 is 5.13. The van der Waals surface area contributed by atoms with E-state index in [2.05, 4.69) is 10.7 Å². The molecule has 0 fully saturated rings.